The van der Waals surface area contributed by atoms with Gasteiger partial charge in [-0.2, -0.15) is 0 Å². The maximum Gasteiger partial charge on any atom is 0.319 e. The van der Waals surface area contributed by atoms with Crippen LogP contribution in [-0.4, -0.2) is 23.1 Å². The molecule has 0 spiro atoms. The van der Waals surface area contributed by atoms with Gasteiger partial charge in [0.15, 0.2) is 0 Å². The van der Waals surface area contributed by atoms with E-state index in [-0.39, 0.29) is 23.2 Å². The fourth-order valence-corrected chi connectivity index (χ4v) is 1.49. The lowest BCUT2D eigenvalue weighted by Gasteiger charge is -2.13. The van der Waals surface area contributed by atoms with E-state index < -0.39 is 17.8 Å². The number of amides is 2. The van der Waals surface area contributed by atoms with Gasteiger partial charge >= 0.3 is 12.0 Å². The van der Waals surface area contributed by atoms with E-state index in [1.807, 2.05) is 0 Å². The predicted octanol–water partition coefficient (Wildman–Crippen LogP) is 2.85. The number of nitrogens with one attached hydrogen (secondary N) is 2. The van der Waals surface area contributed by atoms with Gasteiger partial charge in [-0.15, -0.1) is 0 Å². The van der Waals surface area contributed by atoms with Crippen molar-refractivity contribution in [1.82, 2.24) is 5.32 Å². The summed E-state index contributed by atoms with van der Waals surface area (Å²) in [5.74, 6) is -1.55. The van der Waals surface area contributed by atoms with Crippen molar-refractivity contribution >= 4 is 29.3 Å². The molecule has 1 rings (SSSR count). The second-order valence-corrected chi connectivity index (χ2v) is 4.47. The molecule has 0 heterocycles. The standard InChI is InChI=1S/C12H14ClFN2O3/c1-7(2-5-11(17)18)15-12(19)16-8-3-4-9(13)10(14)6-8/h3-4,6-7H,2,5H2,1H3,(H,17,18)(H2,15,16,19). The zero-order valence-corrected chi connectivity index (χ0v) is 11.0. The first-order valence-electron chi connectivity index (χ1n) is 5.63. The lowest BCUT2D eigenvalue weighted by Crippen LogP contribution is -2.36. The quantitative estimate of drug-likeness (QED) is 0.779. The van der Waals surface area contributed by atoms with E-state index in [0.29, 0.717) is 6.42 Å². The molecule has 104 valence electrons. The Bertz CT molecular complexity index is 482. The first-order valence-corrected chi connectivity index (χ1v) is 6.00. The summed E-state index contributed by atoms with van der Waals surface area (Å²) < 4.78 is 13.1. The molecule has 1 aromatic carbocycles. The number of anilines is 1. The molecule has 1 aromatic rings. The van der Waals surface area contributed by atoms with E-state index in [1.54, 1.807) is 6.92 Å². The molecule has 0 aromatic heterocycles. The number of hydrogen-bond donors (Lipinski definition) is 3. The number of carbonyl (C=O) groups excluding carboxylic acids is 1. The largest absolute Gasteiger partial charge is 0.481 e. The van der Waals surface area contributed by atoms with Crippen molar-refractivity contribution in [2.75, 3.05) is 5.32 Å². The van der Waals surface area contributed by atoms with Crippen LogP contribution in [-0.2, 0) is 4.79 Å². The summed E-state index contributed by atoms with van der Waals surface area (Å²) in [6.45, 7) is 1.69. The van der Waals surface area contributed by atoms with Crippen molar-refractivity contribution in [1.29, 1.82) is 0 Å². The summed E-state index contributed by atoms with van der Waals surface area (Å²) >= 11 is 5.51. The molecular formula is C12H14ClFN2O3. The third kappa shape index (κ3) is 5.56. The third-order valence-electron chi connectivity index (χ3n) is 2.35. The van der Waals surface area contributed by atoms with Gasteiger partial charge in [0, 0.05) is 18.2 Å². The summed E-state index contributed by atoms with van der Waals surface area (Å²) in [7, 11) is 0. The molecule has 0 saturated heterocycles. The van der Waals surface area contributed by atoms with Gasteiger partial charge in [-0.25, -0.2) is 9.18 Å². The normalized spacial score (nSPS) is 11.7. The molecule has 1 unspecified atom stereocenters. The Labute approximate surface area is 114 Å². The molecule has 1 atom stereocenters. The van der Waals surface area contributed by atoms with Crippen LogP contribution in [0.3, 0.4) is 0 Å². The Kier molecular flexibility index (Phi) is 5.57. The number of benzene rings is 1. The Morgan fingerprint density at radius 1 is 1.47 bits per heavy atom. The lowest BCUT2D eigenvalue weighted by atomic mass is 10.2. The van der Waals surface area contributed by atoms with Gasteiger partial charge < -0.3 is 15.7 Å². The van der Waals surface area contributed by atoms with Crippen LogP contribution in [0.4, 0.5) is 14.9 Å². The van der Waals surface area contributed by atoms with Gasteiger partial charge in [0.2, 0.25) is 0 Å². The van der Waals surface area contributed by atoms with E-state index in [4.69, 9.17) is 16.7 Å². The SMILES string of the molecule is CC(CCC(=O)O)NC(=O)Nc1ccc(Cl)c(F)c1. The average Bonchev–Trinajstić information content (AvgIpc) is 2.31. The highest BCUT2D eigenvalue weighted by atomic mass is 35.5. The molecule has 7 heteroatoms. The van der Waals surface area contributed by atoms with Crippen LogP contribution in [0.25, 0.3) is 0 Å². The smallest absolute Gasteiger partial charge is 0.319 e. The maximum atomic E-state index is 13.1. The minimum atomic E-state index is -0.922. The molecule has 0 fully saturated rings. The van der Waals surface area contributed by atoms with Crippen molar-refractivity contribution in [2.45, 2.75) is 25.8 Å². The number of carbonyl (C=O) groups is 2. The van der Waals surface area contributed by atoms with Gasteiger partial charge in [-0.05, 0) is 31.5 Å². The summed E-state index contributed by atoms with van der Waals surface area (Å²) in [6.07, 6.45) is 0.286. The van der Waals surface area contributed by atoms with Gasteiger partial charge in [0.05, 0.1) is 5.02 Å². The summed E-state index contributed by atoms with van der Waals surface area (Å²) in [6, 6.07) is 3.07. The summed E-state index contributed by atoms with van der Waals surface area (Å²) in [5, 5.41) is 13.5. The zero-order chi connectivity index (χ0) is 14.4. The molecule has 0 saturated carbocycles. The number of aliphatic carboxylic acids is 1. The number of hydrogen-bond acceptors (Lipinski definition) is 2. The highest BCUT2D eigenvalue weighted by Crippen LogP contribution is 2.18. The third-order valence-corrected chi connectivity index (χ3v) is 2.65. The van der Waals surface area contributed by atoms with Gasteiger partial charge in [0.1, 0.15) is 5.82 Å². The van der Waals surface area contributed by atoms with Crippen molar-refractivity contribution < 1.29 is 19.1 Å². The summed E-state index contributed by atoms with van der Waals surface area (Å²) in [4.78, 5) is 21.9. The Hall–Kier alpha value is -1.82. The topological polar surface area (TPSA) is 78.4 Å². The Morgan fingerprint density at radius 3 is 2.74 bits per heavy atom. The van der Waals surface area contributed by atoms with Crippen LogP contribution in [0.15, 0.2) is 18.2 Å². The molecular weight excluding hydrogens is 275 g/mol. The van der Waals surface area contributed by atoms with Crippen molar-refractivity contribution in [3.05, 3.63) is 29.0 Å². The molecule has 19 heavy (non-hydrogen) atoms. The lowest BCUT2D eigenvalue weighted by molar-refractivity contribution is -0.137. The van der Waals surface area contributed by atoms with E-state index in [1.165, 1.54) is 12.1 Å². The van der Waals surface area contributed by atoms with Crippen LogP contribution < -0.4 is 10.6 Å². The van der Waals surface area contributed by atoms with Crippen molar-refractivity contribution in [3.63, 3.8) is 0 Å². The van der Waals surface area contributed by atoms with E-state index in [2.05, 4.69) is 10.6 Å². The summed E-state index contributed by atoms with van der Waals surface area (Å²) in [5.41, 5.74) is 0.268. The maximum absolute atomic E-state index is 13.1. The zero-order valence-electron chi connectivity index (χ0n) is 10.2. The molecule has 0 aliphatic heterocycles. The molecule has 2 amide bonds. The number of carboxylic acid groups (broad SMARTS) is 1. The molecule has 3 N–H and O–H groups in total. The molecule has 0 radical (unpaired) electrons. The Morgan fingerprint density at radius 2 is 2.16 bits per heavy atom. The second kappa shape index (κ2) is 6.94. The van der Waals surface area contributed by atoms with Crippen molar-refractivity contribution in [3.8, 4) is 0 Å². The van der Waals surface area contributed by atoms with E-state index >= 15 is 0 Å². The predicted molar refractivity (Wildman–Crippen MR) is 69.9 cm³/mol. The van der Waals surface area contributed by atoms with Gasteiger partial charge in [-0.3, -0.25) is 4.79 Å². The minimum absolute atomic E-state index is 0.0271. The molecule has 5 nitrogen and oxygen atoms in total. The fourth-order valence-electron chi connectivity index (χ4n) is 1.38. The minimum Gasteiger partial charge on any atom is -0.481 e. The van der Waals surface area contributed by atoms with Crippen LogP contribution in [0.1, 0.15) is 19.8 Å². The van der Waals surface area contributed by atoms with Crippen LogP contribution in [0.5, 0.6) is 0 Å². The van der Waals surface area contributed by atoms with E-state index in [0.717, 1.165) is 6.07 Å². The van der Waals surface area contributed by atoms with Crippen LogP contribution in [0, 0.1) is 5.82 Å². The van der Waals surface area contributed by atoms with Gasteiger partial charge in [-0.1, -0.05) is 11.6 Å². The first kappa shape index (κ1) is 15.2. The number of rotatable bonds is 5. The van der Waals surface area contributed by atoms with Crippen LogP contribution >= 0.6 is 11.6 Å². The van der Waals surface area contributed by atoms with Gasteiger partial charge in [0.25, 0.3) is 0 Å². The fraction of sp³-hybridized carbons (Fsp3) is 0.333. The molecule has 0 aliphatic rings. The van der Waals surface area contributed by atoms with Crippen LogP contribution in [0.2, 0.25) is 5.02 Å². The van der Waals surface area contributed by atoms with Crippen molar-refractivity contribution in [2.24, 2.45) is 0 Å². The molecule has 0 bridgehead atoms. The monoisotopic (exact) mass is 288 g/mol. The Balaban J connectivity index is 2.46. The number of halogens is 2. The molecule has 0 aliphatic carbocycles. The highest BCUT2D eigenvalue weighted by Gasteiger charge is 2.10. The average molecular weight is 289 g/mol. The first-order chi connectivity index (χ1) is 8.88. The van der Waals surface area contributed by atoms with E-state index in [9.17, 15) is 14.0 Å². The number of urea groups is 1. The highest BCUT2D eigenvalue weighted by molar-refractivity contribution is 6.30. The second-order valence-electron chi connectivity index (χ2n) is 4.06. The number of carboxylic acids is 1.